The number of rotatable bonds is 5. The molecule has 104 valence electrons. The van der Waals surface area contributed by atoms with Crippen molar-refractivity contribution >= 4 is 33.4 Å². The first kappa shape index (κ1) is 15.7. The molecule has 1 aromatic rings. The summed E-state index contributed by atoms with van der Waals surface area (Å²) in [5.41, 5.74) is 7.05. The lowest BCUT2D eigenvalue weighted by Gasteiger charge is -2.11. The highest BCUT2D eigenvalue weighted by atomic mass is 79.9. The van der Waals surface area contributed by atoms with Crippen molar-refractivity contribution in [1.29, 1.82) is 0 Å². The maximum atomic E-state index is 11.7. The fraction of sp³-hybridized carbons (Fsp3) is 0.385. The number of hydrogen-bond acceptors (Lipinski definition) is 3. The van der Waals surface area contributed by atoms with Crippen molar-refractivity contribution in [2.24, 2.45) is 11.7 Å². The molecule has 0 radical (unpaired) electrons. The van der Waals surface area contributed by atoms with Gasteiger partial charge < -0.3 is 16.4 Å². The topological polar surface area (TPSA) is 84.2 Å². The van der Waals surface area contributed by atoms with Crippen LogP contribution in [-0.2, 0) is 9.59 Å². The molecule has 19 heavy (non-hydrogen) atoms. The smallest absolute Gasteiger partial charge is 0.243 e. The number of carbonyl (C=O) groups excluding carboxylic acids is 2. The van der Waals surface area contributed by atoms with Crippen molar-refractivity contribution in [3.63, 3.8) is 0 Å². The average Bonchev–Trinajstić information content (AvgIpc) is 2.38. The summed E-state index contributed by atoms with van der Waals surface area (Å²) >= 11 is 3.35. The van der Waals surface area contributed by atoms with E-state index in [0.29, 0.717) is 0 Å². The molecule has 2 amide bonds. The van der Waals surface area contributed by atoms with Gasteiger partial charge >= 0.3 is 0 Å². The lowest BCUT2D eigenvalue weighted by molar-refractivity contribution is -0.126. The van der Waals surface area contributed by atoms with Gasteiger partial charge in [-0.15, -0.1) is 0 Å². The fourth-order valence-corrected chi connectivity index (χ4v) is 1.89. The van der Waals surface area contributed by atoms with E-state index in [0.717, 1.165) is 15.7 Å². The lowest BCUT2D eigenvalue weighted by Crippen LogP contribution is -2.38. The number of anilines is 1. The molecule has 1 rings (SSSR count). The van der Waals surface area contributed by atoms with Crippen molar-refractivity contribution in [2.45, 2.75) is 13.8 Å². The van der Waals surface area contributed by atoms with Crippen LogP contribution in [0.25, 0.3) is 0 Å². The number of nitrogens with two attached hydrogens (primary N) is 1. The zero-order chi connectivity index (χ0) is 14.4. The van der Waals surface area contributed by atoms with Crippen molar-refractivity contribution in [3.8, 4) is 0 Å². The monoisotopic (exact) mass is 327 g/mol. The predicted molar refractivity (Wildman–Crippen MR) is 78.7 cm³/mol. The molecule has 0 aliphatic carbocycles. The second kappa shape index (κ2) is 7.25. The van der Waals surface area contributed by atoms with E-state index in [-0.39, 0.29) is 30.8 Å². The molecule has 0 saturated carbocycles. The summed E-state index contributed by atoms with van der Waals surface area (Å²) in [6.07, 6.45) is 0. The van der Waals surface area contributed by atoms with Crippen molar-refractivity contribution in [2.75, 3.05) is 18.4 Å². The second-order valence-electron chi connectivity index (χ2n) is 4.36. The third-order valence-corrected chi connectivity index (χ3v) is 3.18. The third kappa shape index (κ3) is 5.00. The van der Waals surface area contributed by atoms with Crippen LogP contribution >= 0.6 is 15.9 Å². The Labute approximate surface area is 121 Å². The molecule has 6 heteroatoms. The normalized spacial score (nSPS) is 11.8. The van der Waals surface area contributed by atoms with E-state index in [1.165, 1.54) is 0 Å². The van der Waals surface area contributed by atoms with Crippen LogP contribution in [0.4, 0.5) is 5.69 Å². The van der Waals surface area contributed by atoms with Crippen molar-refractivity contribution in [3.05, 3.63) is 28.2 Å². The lowest BCUT2D eigenvalue weighted by atomic mass is 10.2. The highest BCUT2D eigenvalue weighted by molar-refractivity contribution is 9.10. The Bertz CT molecular complexity index is 477. The minimum absolute atomic E-state index is 0.0569. The number of amides is 2. The van der Waals surface area contributed by atoms with Crippen molar-refractivity contribution in [1.82, 2.24) is 5.32 Å². The first-order chi connectivity index (χ1) is 8.93. The SMILES string of the molecule is Cc1cc(Br)ccc1NC(=O)CNC(=O)C(C)CN. The van der Waals surface area contributed by atoms with Crippen LogP contribution in [-0.4, -0.2) is 24.9 Å². The van der Waals surface area contributed by atoms with Crippen LogP contribution in [0.15, 0.2) is 22.7 Å². The number of hydrogen-bond donors (Lipinski definition) is 3. The molecule has 4 N–H and O–H groups in total. The minimum atomic E-state index is -0.290. The molecule has 1 aromatic carbocycles. The van der Waals surface area contributed by atoms with E-state index in [1.807, 2.05) is 25.1 Å². The number of aryl methyl sites for hydroxylation is 1. The van der Waals surface area contributed by atoms with Gasteiger partial charge in [0.15, 0.2) is 0 Å². The molecule has 0 fully saturated rings. The molecule has 0 spiro atoms. The highest BCUT2D eigenvalue weighted by Crippen LogP contribution is 2.19. The largest absolute Gasteiger partial charge is 0.347 e. The average molecular weight is 328 g/mol. The maximum Gasteiger partial charge on any atom is 0.243 e. The molecule has 0 aliphatic heterocycles. The summed E-state index contributed by atoms with van der Waals surface area (Å²) in [4.78, 5) is 23.2. The van der Waals surface area contributed by atoms with Gasteiger partial charge in [0.2, 0.25) is 11.8 Å². The Balaban J connectivity index is 2.49. The Hall–Kier alpha value is -1.40. The van der Waals surface area contributed by atoms with Crippen LogP contribution in [0.2, 0.25) is 0 Å². The molecular formula is C13H18BrN3O2. The standard InChI is InChI=1S/C13H18BrN3O2/c1-8-5-10(14)3-4-11(8)17-12(18)7-16-13(19)9(2)6-15/h3-5,9H,6-7,15H2,1-2H3,(H,16,19)(H,17,18). The van der Waals surface area contributed by atoms with Crippen LogP contribution in [0.3, 0.4) is 0 Å². The Morgan fingerprint density at radius 1 is 1.42 bits per heavy atom. The van der Waals surface area contributed by atoms with E-state index in [4.69, 9.17) is 5.73 Å². The van der Waals surface area contributed by atoms with Gasteiger partial charge in [0.25, 0.3) is 0 Å². The quantitative estimate of drug-likeness (QED) is 0.764. The molecule has 5 nitrogen and oxygen atoms in total. The third-order valence-electron chi connectivity index (χ3n) is 2.69. The Morgan fingerprint density at radius 3 is 2.68 bits per heavy atom. The molecule has 0 saturated heterocycles. The van der Waals surface area contributed by atoms with E-state index in [2.05, 4.69) is 26.6 Å². The summed E-state index contributed by atoms with van der Waals surface area (Å²) in [5, 5.41) is 5.29. The Morgan fingerprint density at radius 2 is 2.11 bits per heavy atom. The summed E-state index contributed by atoms with van der Waals surface area (Å²) in [7, 11) is 0. The van der Waals surface area contributed by atoms with Gasteiger partial charge in [0, 0.05) is 22.6 Å². The summed E-state index contributed by atoms with van der Waals surface area (Å²) in [6.45, 7) is 3.82. The molecule has 0 heterocycles. The zero-order valence-corrected chi connectivity index (χ0v) is 12.6. The molecule has 0 bridgehead atoms. The van der Waals surface area contributed by atoms with Gasteiger partial charge in [0.05, 0.1) is 6.54 Å². The van der Waals surface area contributed by atoms with Gasteiger partial charge in [-0.2, -0.15) is 0 Å². The molecule has 0 aromatic heterocycles. The highest BCUT2D eigenvalue weighted by Gasteiger charge is 2.12. The van der Waals surface area contributed by atoms with E-state index < -0.39 is 0 Å². The van der Waals surface area contributed by atoms with Gasteiger partial charge in [-0.1, -0.05) is 22.9 Å². The Kier molecular flexibility index (Phi) is 5.98. The molecule has 0 aliphatic rings. The number of nitrogens with one attached hydrogen (secondary N) is 2. The van der Waals surface area contributed by atoms with Gasteiger partial charge in [-0.05, 0) is 30.7 Å². The van der Waals surface area contributed by atoms with E-state index in [9.17, 15) is 9.59 Å². The first-order valence-electron chi connectivity index (χ1n) is 5.97. The van der Waals surface area contributed by atoms with Crippen LogP contribution in [0.5, 0.6) is 0 Å². The number of benzene rings is 1. The van der Waals surface area contributed by atoms with E-state index in [1.54, 1.807) is 6.92 Å². The predicted octanol–water partition coefficient (Wildman–Crippen LogP) is 1.41. The zero-order valence-electron chi connectivity index (χ0n) is 11.0. The van der Waals surface area contributed by atoms with Crippen LogP contribution in [0, 0.1) is 12.8 Å². The molecular weight excluding hydrogens is 310 g/mol. The summed E-state index contributed by atoms with van der Waals surface area (Å²) < 4.78 is 0.952. The number of halogens is 1. The maximum absolute atomic E-state index is 11.7. The summed E-state index contributed by atoms with van der Waals surface area (Å²) in [5.74, 6) is -0.768. The first-order valence-corrected chi connectivity index (χ1v) is 6.77. The fourth-order valence-electron chi connectivity index (χ4n) is 1.41. The van der Waals surface area contributed by atoms with Crippen molar-refractivity contribution < 1.29 is 9.59 Å². The van der Waals surface area contributed by atoms with Gasteiger partial charge in [-0.25, -0.2) is 0 Å². The van der Waals surface area contributed by atoms with Crippen LogP contribution < -0.4 is 16.4 Å². The molecule has 1 unspecified atom stereocenters. The van der Waals surface area contributed by atoms with Crippen LogP contribution in [0.1, 0.15) is 12.5 Å². The van der Waals surface area contributed by atoms with Gasteiger partial charge in [0.1, 0.15) is 0 Å². The summed E-state index contributed by atoms with van der Waals surface area (Å²) in [6, 6.07) is 5.56. The minimum Gasteiger partial charge on any atom is -0.347 e. The molecule has 1 atom stereocenters. The number of carbonyl (C=O) groups is 2. The second-order valence-corrected chi connectivity index (χ2v) is 5.28. The van der Waals surface area contributed by atoms with Gasteiger partial charge in [-0.3, -0.25) is 9.59 Å². The van der Waals surface area contributed by atoms with E-state index >= 15 is 0 Å².